The number of methoxy groups -OCH3 is 1. The van der Waals surface area contributed by atoms with E-state index in [0.29, 0.717) is 5.92 Å². The Hall–Kier alpha value is -0.0800. The van der Waals surface area contributed by atoms with E-state index < -0.39 is 0 Å². The van der Waals surface area contributed by atoms with Crippen LogP contribution in [0.15, 0.2) is 0 Å². The first kappa shape index (κ1) is 10.9. The van der Waals surface area contributed by atoms with Crippen LogP contribution < -0.4 is 0 Å². The van der Waals surface area contributed by atoms with Gasteiger partial charge in [0.05, 0.1) is 6.61 Å². The van der Waals surface area contributed by atoms with Crippen molar-refractivity contribution < 1.29 is 9.47 Å². The van der Waals surface area contributed by atoms with Gasteiger partial charge in [0.25, 0.3) is 0 Å². The van der Waals surface area contributed by atoms with Gasteiger partial charge in [-0.3, -0.25) is 0 Å². The van der Waals surface area contributed by atoms with Crippen LogP contribution in [-0.2, 0) is 9.47 Å². The Morgan fingerprint density at radius 2 is 2.09 bits per heavy atom. The Bertz CT molecular complexity index is 73.6. The summed E-state index contributed by atoms with van der Waals surface area (Å²) in [5.74, 6) is 0.634. The van der Waals surface area contributed by atoms with Gasteiger partial charge >= 0.3 is 0 Å². The minimum absolute atomic E-state index is 0.0787. The van der Waals surface area contributed by atoms with Gasteiger partial charge in [0.2, 0.25) is 0 Å². The lowest BCUT2D eigenvalue weighted by atomic mass is 10.1. The monoisotopic (exact) mass is 160 g/mol. The summed E-state index contributed by atoms with van der Waals surface area (Å²) in [6.45, 7) is 7.04. The van der Waals surface area contributed by atoms with Crippen LogP contribution in [0.3, 0.4) is 0 Å². The Labute approximate surface area is 69.9 Å². The van der Waals surface area contributed by atoms with E-state index in [2.05, 4.69) is 6.92 Å². The van der Waals surface area contributed by atoms with E-state index in [-0.39, 0.29) is 6.29 Å². The Morgan fingerprint density at radius 1 is 1.45 bits per heavy atom. The Balaban J connectivity index is 0.000000461. The van der Waals surface area contributed by atoms with Crippen LogP contribution in [-0.4, -0.2) is 20.0 Å². The maximum Gasteiger partial charge on any atom is 0.160 e. The highest BCUT2D eigenvalue weighted by atomic mass is 16.7. The van der Waals surface area contributed by atoms with Crippen molar-refractivity contribution in [3.63, 3.8) is 0 Å². The van der Waals surface area contributed by atoms with Gasteiger partial charge in [-0.05, 0) is 12.8 Å². The third kappa shape index (κ3) is 3.21. The molecule has 1 aliphatic rings. The lowest BCUT2D eigenvalue weighted by Gasteiger charge is -2.13. The van der Waals surface area contributed by atoms with Gasteiger partial charge in [0.15, 0.2) is 6.29 Å². The fourth-order valence-corrected chi connectivity index (χ4v) is 1.26. The van der Waals surface area contributed by atoms with E-state index in [1.807, 2.05) is 13.8 Å². The van der Waals surface area contributed by atoms with E-state index in [1.165, 1.54) is 6.42 Å². The van der Waals surface area contributed by atoms with Gasteiger partial charge < -0.3 is 9.47 Å². The van der Waals surface area contributed by atoms with Crippen molar-refractivity contribution in [3.8, 4) is 0 Å². The summed E-state index contributed by atoms with van der Waals surface area (Å²) in [5.41, 5.74) is 0. The zero-order valence-corrected chi connectivity index (χ0v) is 8.09. The molecule has 2 nitrogen and oxygen atoms in total. The maximum atomic E-state index is 5.28. The first-order chi connectivity index (χ1) is 5.38. The fourth-order valence-electron chi connectivity index (χ4n) is 1.26. The van der Waals surface area contributed by atoms with Crippen LogP contribution in [0.2, 0.25) is 0 Å². The molecule has 68 valence electrons. The van der Waals surface area contributed by atoms with Crippen LogP contribution in [0.25, 0.3) is 0 Å². The third-order valence-corrected chi connectivity index (χ3v) is 1.91. The van der Waals surface area contributed by atoms with Crippen molar-refractivity contribution in [3.05, 3.63) is 0 Å². The molecule has 11 heavy (non-hydrogen) atoms. The topological polar surface area (TPSA) is 18.5 Å². The zero-order chi connectivity index (χ0) is 8.69. The zero-order valence-electron chi connectivity index (χ0n) is 8.09. The molecule has 1 aliphatic heterocycles. The highest BCUT2D eigenvalue weighted by molar-refractivity contribution is 4.66. The van der Waals surface area contributed by atoms with Gasteiger partial charge in [0, 0.05) is 13.0 Å². The third-order valence-electron chi connectivity index (χ3n) is 1.91. The lowest BCUT2D eigenvalue weighted by Crippen LogP contribution is -2.16. The standard InChI is InChI=1S/C7H14O2.C2H6/c1-3-6-4-5-9-7(6)8-2;1-2/h6-7H,3-5H2,1-2H3;1-2H3/t6-,7+;/m1./s1. The first-order valence-electron chi connectivity index (χ1n) is 4.53. The van der Waals surface area contributed by atoms with Crippen molar-refractivity contribution in [1.29, 1.82) is 0 Å². The van der Waals surface area contributed by atoms with E-state index in [4.69, 9.17) is 9.47 Å². The molecule has 0 radical (unpaired) electrons. The molecule has 0 aromatic heterocycles. The molecule has 0 aliphatic carbocycles. The van der Waals surface area contributed by atoms with Gasteiger partial charge in [-0.1, -0.05) is 20.8 Å². The number of hydrogen-bond donors (Lipinski definition) is 0. The predicted molar refractivity (Wildman–Crippen MR) is 46.5 cm³/mol. The molecule has 2 atom stereocenters. The molecule has 1 rings (SSSR count). The van der Waals surface area contributed by atoms with E-state index in [0.717, 1.165) is 13.0 Å². The van der Waals surface area contributed by atoms with E-state index in [1.54, 1.807) is 7.11 Å². The van der Waals surface area contributed by atoms with Crippen LogP contribution in [0.1, 0.15) is 33.6 Å². The average molecular weight is 160 g/mol. The normalized spacial score (nSPS) is 29.5. The minimum Gasteiger partial charge on any atom is -0.356 e. The van der Waals surface area contributed by atoms with Crippen molar-refractivity contribution >= 4 is 0 Å². The molecule has 0 bridgehead atoms. The quantitative estimate of drug-likeness (QED) is 0.617. The molecule has 0 N–H and O–H groups in total. The highest BCUT2D eigenvalue weighted by Gasteiger charge is 2.25. The van der Waals surface area contributed by atoms with E-state index in [9.17, 15) is 0 Å². The number of rotatable bonds is 2. The largest absolute Gasteiger partial charge is 0.356 e. The fraction of sp³-hybridized carbons (Fsp3) is 1.00. The maximum absolute atomic E-state index is 5.28. The predicted octanol–water partition coefficient (Wildman–Crippen LogP) is 2.43. The number of hydrogen-bond acceptors (Lipinski definition) is 2. The molecule has 1 heterocycles. The number of ether oxygens (including phenoxy) is 2. The minimum atomic E-state index is 0.0787. The highest BCUT2D eigenvalue weighted by Crippen LogP contribution is 2.23. The Kier molecular flexibility index (Phi) is 6.57. The molecule has 0 amide bonds. The van der Waals surface area contributed by atoms with Crippen LogP contribution in [0.5, 0.6) is 0 Å². The van der Waals surface area contributed by atoms with Crippen molar-refractivity contribution in [2.75, 3.05) is 13.7 Å². The summed E-state index contributed by atoms with van der Waals surface area (Å²) in [4.78, 5) is 0. The second-order valence-corrected chi connectivity index (χ2v) is 2.43. The second kappa shape index (κ2) is 6.62. The van der Waals surface area contributed by atoms with Gasteiger partial charge in [0.1, 0.15) is 0 Å². The second-order valence-electron chi connectivity index (χ2n) is 2.43. The molecule has 0 spiro atoms. The molecule has 1 saturated heterocycles. The molecule has 0 aromatic carbocycles. The molecule has 1 fully saturated rings. The smallest absolute Gasteiger partial charge is 0.160 e. The van der Waals surface area contributed by atoms with Crippen molar-refractivity contribution in [1.82, 2.24) is 0 Å². The molecular formula is C9H20O2. The van der Waals surface area contributed by atoms with Gasteiger partial charge in [-0.25, -0.2) is 0 Å². The molecular weight excluding hydrogens is 140 g/mol. The van der Waals surface area contributed by atoms with Gasteiger partial charge in [-0.2, -0.15) is 0 Å². The SMILES string of the molecule is CC.CC[C@@H]1CCO[C@@H]1OC. The molecule has 0 unspecified atom stereocenters. The summed E-state index contributed by atoms with van der Waals surface area (Å²) < 4.78 is 10.4. The van der Waals surface area contributed by atoms with Crippen LogP contribution in [0, 0.1) is 5.92 Å². The molecule has 0 saturated carbocycles. The van der Waals surface area contributed by atoms with E-state index >= 15 is 0 Å². The van der Waals surface area contributed by atoms with Crippen LogP contribution >= 0.6 is 0 Å². The molecule has 0 aromatic rings. The molecule has 2 heteroatoms. The van der Waals surface area contributed by atoms with Gasteiger partial charge in [-0.15, -0.1) is 0 Å². The Morgan fingerprint density at radius 3 is 2.45 bits per heavy atom. The summed E-state index contributed by atoms with van der Waals surface area (Å²) in [6.07, 6.45) is 2.41. The average Bonchev–Trinajstić information content (AvgIpc) is 2.54. The summed E-state index contributed by atoms with van der Waals surface area (Å²) in [6, 6.07) is 0. The first-order valence-corrected chi connectivity index (χ1v) is 4.53. The lowest BCUT2D eigenvalue weighted by molar-refractivity contribution is -0.110. The summed E-state index contributed by atoms with van der Waals surface area (Å²) in [5, 5.41) is 0. The summed E-state index contributed by atoms with van der Waals surface area (Å²) in [7, 11) is 1.71. The summed E-state index contributed by atoms with van der Waals surface area (Å²) >= 11 is 0. The van der Waals surface area contributed by atoms with Crippen molar-refractivity contribution in [2.45, 2.75) is 39.9 Å². The van der Waals surface area contributed by atoms with Crippen LogP contribution in [0.4, 0.5) is 0 Å². The van der Waals surface area contributed by atoms with Crippen molar-refractivity contribution in [2.24, 2.45) is 5.92 Å².